The van der Waals surface area contributed by atoms with Crippen molar-refractivity contribution in [2.75, 3.05) is 31.8 Å². The van der Waals surface area contributed by atoms with Crippen molar-refractivity contribution in [1.82, 2.24) is 15.1 Å². The van der Waals surface area contributed by atoms with Crippen LogP contribution in [0.1, 0.15) is 33.6 Å². The monoisotopic (exact) mass is 313 g/mol. The molecular formula is C15H27N3O2S. The minimum Gasteiger partial charge on any atom is -0.339 e. The molecule has 2 saturated heterocycles. The topological polar surface area (TPSA) is 52.7 Å². The van der Waals surface area contributed by atoms with Gasteiger partial charge >= 0.3 is 0 Å². The fourth-order valence-corrected chi connectivity index (χ4v) is 4.05. The van der Waals surface area contributed by atoms with E-state index in [1.807, 2.05) is 32.7 Å². The van der Waals surface area contributed by atoms with Gasteiger partial charge in [-0.15, -0.1) is 11.8 Å². The van der Waals surface area contributed by atoms with Crippen LogP contribution in [-0.2, 0) is 9.59 Å². The molecule has 2 rings (SSSR count). The third-order valence-electron chi connectivity index (χ3n) is 4.21. The fourth-order valence-electron chi connectivity index (χ4n) is 2.90. The zero-order chi connectivity index (χ0) is 15.6. The second-order valence-corrected chi connectivity index (χ2v) is 7.95. The molecule has 21 heavy (non-hydrogen) atoms. The van der Waals surface area contributed by atoms with Crippen LogP contribution in [0.2, 0.25) is 0 Å². The standard InChI is InChI=1S/C15H27N3O2S/c1-15(2,3)14(20)18-10-21-9-12(18)13(19)17-7-5-6-11(8-17)16-4/h11-12,16H,5-10H2,1-4H3. The van der Waals surface area contributed by atoms with Gasteiger partial charge in [0.25, 0.3) is 0 Å². The van der Waals surface area contributed by atoms with Crippen LogP contribution < -0.4 is 5.32 Å². The maximum atomic E-state index is 12.8. The van der Waals surface area contributed by atoms with E-state index < -0.39 is 5.41 Å². The summed E-state index contributed by atoms with van der Waals surface area (Å²) in [7, 11) is 1.94. The summed E-state index contributed by atoms with van der Waals surface area (Å²) in [5.74, 6) is 1.56. The molecule has 2 aliphatic heterocycles. The third kappa shape index (κ3) is 3.72. The molecule has 0 radical (unpaired) electrons. The Hall–Kier alpha value is -0.750. The van der Waals surface area contributed by atoms with Crippen LogP contribution in [0.4, 0.5) is 0 Å². The minimum atomic E-state index is -0.432. The molecule has 2 aliphatic rings. The second-order valence-electron chi connectivity index (χ2n) is 6.95. The maximum absolute atomic E-state index is 12.8. The predicted molar refractivity (Wildman–Crippen MR) is 86.1 cm³/mol. The Bertz CT molecular complexity index is 408. The van der Waals surface area contributed by atoms with Crippen LogP contribution in [0.15, 0.2) is 0 Å². The van der Waals surface area contributed by atoms with Gasteiger partial charge in [-0.3, -0.25) is 9.59 Å². The molecule has 1 N–H and O–H groups in total. The van der Waals surface area contributed by atoms with E-state index in [0.29, 0.717) is 11.9 Å². The molecule has 0 aromatic heterocycles. The van der Waals surface area contributed by atoms with E-state index in [9.17, 15) is 9.59 Å². The zero-order valence-corrected chi connectivity index (χ0v) is 14.3. The van der Waals surface area contributed by atoms with Gasteiger partial charge in [0.15, 0.2) is 0 Å². The van der Waals surface area contributed by atoms with Gasteiger partial charge in [0.05, 0.1) is 5.88 Å². The highest BCUT2D eigenvalue weighted by Gasteiger charge is 2.41. The minimum absolute atomic E-state index is 0.0769. The van der Waals surface area contributed by atoms with E-state index in [2.05, 4.69) is 5.32 Å². The van der Waals surface area contributed by atoms with Crippen molar-refractivity contribution in [3.63, 3.8) is 0 Å². The number of piperidine rings is 1. The Morgan fingerprint density at radius 1 is 1.29 bits per heavy atom. The summed E-state index contributed by atoms with van der Waals surface area (Å²) in [5.41, 5.74) is -0.432. The van der Waals surface area contributed by atoms with Crippen molar-refractivity contribution in [3.05, 3.63) is 0 Å². The molecule has 6 heteroatoms. The smallest absolute Gasteiger partial charge is 0.246 e. The van der Waals surface area contributed by atoms with Gasteiger partial charge < -0.3 is 15.1 Å². The van der Waals surface area contributed by atoms with Gasteiger partial charge in [-0.2, -0.15) is 0 Å². The quantitative estimate of drug-likeness (QED) is 0.831. The average Bonchev–Trinajstić information content (AvgIpc) is 2.93. The molecule has 0 aliphatic carbocycles. The summed E-state index contributed by atoms with van der Waals surface area (Å²) in [6, 6.07) is 0.0980. The van der Waals surface area contributed by atoms with Gasteiger partial charge in [-0.1, -0.05) is 20.8 Å². The highest BCUT2D eigenvalue weighted by Crippen LogP contribution is 2.29. The number of carbonyl (C=O) groups is 2. The lowest BCUT2D eigenvalue weighted by atomic mass is 9.94. The molecule has 0 aromatic carbocycles. The molecule has 2 heterocycles. The molecule has 0 bridgehead atoms. The van der Waals surface area contributed by atoms with Crippen LogP contribution in [0.25, 0.3) is 0 Å². The van der Waals surface area contributed by atoms with Crippen LogP contribution >= 0.6 is 11.8 Å². The third-order valence-corrected chi connectivity index (χ3v) is 5.22. The van der Waals surface area contributed by atoms with Gasteiger partial charge in [0, 0.05) is 30.3 Å². The molecule has 0 spiro atoms. The van der Waals surface area contributed by atoms with Crippen molar-refractivity contribution >= 4 is 23.6 Å². The van der Waals surface area contributed by atoms with E-state index in [-0.39, 0.29) is 17.9 Å². The summed E-state index contributed by atoms with van der Waals surface area (Å²) in [4.78, 5) is 29.0. The molecule has 2 atom stereocenters. The first kappa shape index (κ1) is 16.6. The second kappa shape index (κ2) is 6.57. The normalized spacial score (nSPS) is 27.0. The zero-order valence-electron chi connectivity index (χ0n) is 13.5. The number of carbonyl (C=O) groups excluding carboxylic acids is 2. The summed E-state index contributed by atoms with van der Waals surface area (Å²) in [5, 5.41) is 3.26. The summed E-state index contributed by atoms with van der Waals surface area (Å²) in [6.07, 6.45) is 2.15. The van der Waals surface area contributed by atoms with Crippen LogP contribution in [0.3, 0.4) is 0 Å². The molecule has 2 amide bonds. The molecule has 120 valence electrons. The number of amides is 2. The largest absolute Gasteiger partial charge is 0.339 e. The molecular weight excluding hydrogens is 286 g/mol. The van der Waals surface area contributed by atoms with Crippen molar-refractivity contribution in [2.24, 2.45) is 5.41 Å². The van der Waals surface area contributed by atoms with Crippen molar-refractivity contribution in [3.8, 4) is 0 Å². The molecule has 0 aromatic rings. The van der Waals surface area contributed by atoms with E-state index in [1.54, 1.807) is 16.7 Å². The first-order valence-corrected chi connectivity index (χ1v) is 8.85. The van der Waals surface area contributed by atoms with Gasteiger partial charge in [-0.05, 0) is 19.9 Å². The van der Waals surface area contributed by atoms with Crippen LogP contribution in [-0.4, -0.2) is 65.5 Å². The summed E-state index contributed by atoms with van der Waals surface area (Å²) < 4.78 is 0. The predicted octanol–water partition coefficient (Wildman–Crippen LogP) is 1.14. The number of rotatable bonds is 2. The van der Waals surface area contributed by atoms with Crippen molar-refractivity contribution in [1.29, 1.82) is 0 Å². The Balaban J connectivity index is 2.05. The van der Waals surface area contributed by atoms with E-state index in [4.69, 9.17) is 0 Å². The van der Waals surface area contributed by atoms with Crippen LogP contribution in [0, 0.1) is 5.41 Å². The Morgan fingerprint density at radius 2 is 2.00 bits per heavy atom. The average molecular weight is 313 g/mol. The Kier molecular flexibility index (Phi) is 5.20. The number of hydrogen-bond donors (Lipinski definition) is 1. The summed E-state index contributed by atoms with van der Waals surface area (Å²) in [6.45, 7) is 7.32. The Labute approximate surface area is 131 Å². The first-order valence-electron chi connectivity index (χ1n) is 7.69. The number of thioether (sulfide) groups is 1. The summed E-state index contributed by atoms with van der Waals surface area (Å²) >= 11 is 1.68. The molecule has 0 saturated carbocycles. The van der Waals surface area contributed by atoms with E-state index in [1.165, 1.54) is 0 Å². The number of likely N-dealkylation sites (N-methyl/N-ethyl adjacent to an activating group) is 1. The number of nitrogens with zero attached hydrogens (tertiary/aromatic N) is 2. The number of hydrogen-bond acceptors (Lipinski definition) is 4. The molecule has 2 unspecified atom stereocenters. The molecule has 5 nitrogen and oxygen atoms in total. The Morgan fingerprint density at radius 3 is 2.62 bits per heavy atom. The van der Waals surface area contributed by atoms with E-state index >= 15 is 0 Å². The number of nitrogens with one attached hydrogen (secondary N) is 1. The molecule has 2 fully saturated rings. The van der Waals surface area contributed by atoms with Crippen LogP contribution in [0.5, 0.6) is 0 Å². The highest BCUT2D eigenvalue weighted by atomic mass is 32.2. The lowest BCUT2D eigenvalue weighted by Crippen LogP contribution is -2.55. The van der Waals surface area contributed by atoms with Crippen molar-refractivity contribution < 1.29 is 9.59 Å². The number of likely N-dealkylation sites (tertiary alicyclic amines) is 1. The lowest BCUT2D eigenvalue weighted by Gasteiger charge is -2.37. The van der Waals surface area contributed by atoms with Gasteiger partial charge in [0.2, 0.25) is 11.8 Å². The van der Waals surface area contributed by atoms with Crippen molar-refractivity contribution in [2.45, 2.75) is 45.7 Å². The highest BCUT2D eigenvalue weighted by molar-refractivity contribution is 7.99. The SMILES string of the molecule is CNC1CCCN(C(=O)C2CSCN2C(=O)C(C)(C)C)C1. The fraction of sp³-hybridized carbons (Fsp3) is 0.867. The van der Waals surface area contributed by atoms with Gasteiger partial charge in [-0.25, -0.2) is 0 Å². The van der Waals surface area contributed by atoms with E-state index in [0.717, 1.165) is 31.7 Å². The lowest BCUT2D eigenvalue weighted by molar-refractivity contribution is -0.148. The maximum Gasteiger partial charge on any atom is 0.246 e. The van der Waals surface area contributed by atoms with Gasteiger partial charge in [0.1, 0.15) is 6.04 Å². The first-order chi connectivity index (χ1) is 9.84.